The summed E-state index contributed by atoms with van der Waals surface area (Å²) in [6.07, 6.45) is 1.66. The number of nitrogens with zero attached hydrogens (tertiary/aromatic N) is 1. The minimum absolute atomic E-state index is 0.0499. The van der Waals surface area contributed by atoms with Crippen molar-refractivity contribution in [1.82, 2.24) is 4.90 Å². The maximum atomic E-state index is 12.7. The zero-order chi connectivity index (χ0) is 20.1. The topological polar surface area (TPSA) is 77.1 Å². The summed E-state index contributed by atoms with van der Waals surface area (Å²) in [7, 11) is 4.66. The van der Waals surface area contributed by atoms with Gasteiger partial charge < -0.3 is 19.5 Å². The van der Waals surface area contributed by atoms with E-state index in [1.807, 2.05) is 18.2 Å². The van der Waals surface area contributed by atoms with Crippen molar-refractivity contribution in [1.29, 1.82) is 0 Å². The van der Waals surface area contributed by atoms with Crippen molar-refractivity contribution in [2.75, 3.05) is 33.3 Å². The Labute approximate surface area is 167 Å². The Morgan fingerprint density at radius 1 is 0.964 bits per heavy atom. The van der Waals surface area contributed by atoms with E-state index < -0.39 is 0 Å². The molecule has 0 unspecified atom stereocenters. The highest BCUT2D eigenvalue weighted by Gasteiger charge is 2.35. The van der Waals surface area contributed by atoms with Crippen molar-refractivity contribution >= 4 is 34.7 Å². The third-order valence-electron chi connectivity index (χ3n) is 4.11. The van der Waals surface area contributed by atoms with Gasteiger partial charge in [-0.05, 0) is 47.7 Å². The van der Waals surface area contributed by atoms with E-state index in [1.165, 1.54) is 0 Å². The molecule has 1 saturated heterocycles. The van der Waals surface area contributed by atoms with Gasteiger partial charge in [-0.3, -0.25) is 14.5 Å². The number of para-hydroxylation sites is 2. The number of nitrogens with one attached hydrogen (secondary N) is 1. The Kier molecular flexibility index (Phi) is 6.10. The quantitative estimate of drug-likeness (QED) is 0.708. The van der Waals surface area contributed by atoms with Gasteiger partial charge in [-0.2, -0.15) is 0 Å². The van der Waals surface area contributed by atoms with Gasteiger partial charge in [0.15, 0.2) is 11.5 Å². The van der Waals surface area contributed by atoms with E-state index >= 15 is 0 Å². The first-order valence-electron chi connectivity index (χ1n) is 8.41. The first kappa shape index (κ1) is 19.6. The molecule has 0 spiro atoms. The molecule has 0 radical (unpaired) electrons. The number of carbonyl (C=O) groups excluding carboxylic acids is 2. The van der Waals surface area contributed by atoms with Gasteiger partial charge in [0.2, 0.25) is 0 Å². The first-order chi connectivity index (χ1) is 13.6. The molecule has 2 aromatic rings. The summed E-state index contributed by atoms with van der Waals surface area (Å²) in [5, 5.41) is 2.73. The molecule has 2 aromatic carbocycles. The fourth-order valence-electron chi connectivity index (χ4n) is 2.69. The Hall–Kier alpha value is -3.13. The molecule has 1 aliphatic heterocycles. The zero-order valence-electron chi connectivity index (χ0n) is 15.7. The van der Waals surface area contributed by atoms with Crippen LogP contribution in [0.3, 0.4) is 0 Å². The summed E-state index contributed by atoms with van der Waals surface area (Å²) in [5.74, 6) is 1.42. The molecule has 0 atom stereocenters. The average Bonchev–Trinajstić information content (AvgIpc) is 2.99. The van der Waals surface area contributed by atoms with Crippen LogP contribution in [0, 0.1) is 0 Å². The molecule has 1 fully saturated rings. The van der Waals surface area contributed by atoms with E-state index in [4.69, 9.17) is 14.2 Å². The summed E-state index contributed by atoms with van der Waals surface area (Å²) in [6, 6.07) is 12.6. The molecule has 28 heavy (non-hydrogen) atoms. The lowest BCUT2D eigenvalue weighted by molar-refractivity contribution is -0.122. The Bertz CT molecular complexity index is 929. The summed E-state index contributed by atoms with van der Waals surface area (Å²) >= 11 is 0.900. The van der Waals surface area contributed by atoms with Crippen molar-refractivity contribution in [3.05, 3.63) is 52.9 Å². The van der Waals surface area contributed by atoms with Crippen LogP contribution in [0.4, 0.5) is 10.5 Å². The van der Waals surface area contributed by atoms with Crippen molar-refractivity contribution < 1.29 is 23.8 Å². The largest absolute Gasteiger partial charge is 0.495 e. The van der Waals surface area contributed by atoms with Gasteiger partial charge in [0.1, 0.15) is 5.75 Å². The monoisotopic (exact) mass is 400 g/mol. The minimum atomic E-state index is -0.354. The van der Waals surface area contributed by atoms with Gasteiger partial charge in [0.25, 0.3) is 11.1 Å². The molecule has 3 rings (SSSR count). The number of rotatable bonds is 7. The van der Waals surface area contributed by atoms with Crippen molar-refractivity contribution in [2.24, 2.45) is 0 Å². The summed E-state index contributed by atoms with van der Waals surface area (Å²) < 4.78 is 15.8. The second-order valence-corrected chi connectivity index (χ2v) is 6.75. The molecule has 1 aliphatic rings. The molecule has 2 amide bonds. The molecular formula is C20H20N2O5S. The van der Waals surface area contributed by atoms with Crippen LogP contribution in [-0.4, -0.2) is 44.0 Å². The van der Waals surface area contributed by atoms with E-state index in [-0.39, 0.29) is 17.8 Å². The molecule has 1 N–H and O–H groups in total. The highest BCUT2D eigenvalue weighted by molar-refractivity contribution is 8.18. The standard InChI is InChI=1S/C20H20N2O5S/c1-25-15-7-5-4-6-14(15)21-12-22-19(23)18(28-20(22)24)11-13-8-9-16(26-2)17(10-13)27-3/h4-11,21H,12H2,1-3H3. The van der Waals surface area contributed by atoms with Gasteiger partial charge >= 0.3 is 0 Å². The maximum Gasteiger partial charge on any atom is 0.295 e. The second-order valence-electron chi connectivity index (χ2n) is 5.76. The van der Waals surface area contributed by atoms with E-state index in [2.05, 4.69) is 5.32 Å². The smallest absolute Gasteiger partial charge is 0.295 e. The fourth-order valence-corrected chi connectivity index (χ4v) is 3.52. The van der Waals surface area contributed by atoms with Crippen LogP contribution in [0.1, 0.15) is 5.56 Å². The van der Waals surface area contributed by atoms with E-state index in [0.717, 1.165) is 22.2 Å². The number of amides is 2. The lowest BCUT2D eigenvalue weighted by Crippen LogP contribution is -2.33. The van der Waals surface area contributed by atoms with E-state index in [0.29, 0.717) is 27.8 Å². The van der Waals surface area contributed by atoms with E-state index in [1.54, 1.807) is 51.7 Å². The Morgan fingerprint density at radius 2 is 1.68 bits per heavy atom. The van der Waals surface area contributed by atoms with Crippen molar-refractivity contribution in [2.45, 2.75) is 0 Å². The van der Waals surface area contributed by atoms with Gasteiger partial charge in [-0.1, -0.05) is 18.2 Å². The number of benzene rings is 2. The Balaban J connectivity index is 1.75. The van der Waals surface area contributed by atoms with Crippen LogP contribution < -0.4 is 19.5 Å². The van der Waals surface area contributed by atoms with Gasteiger partial charge in [0.05, 0.1) is 38.6 Å². The van der Waals surface area contributed by atoms with Crippen LogP contribution >= 0.6 is 11.8 Å². The van der Waals surface area contributed by atoms with Crippen LogP contribution in [-0.2, 0) is 4.79 Å². The number of carbonyl (C=O) groups is 2. The molecule has 0 bridgehead atoms. The van der Waals surface area contributed by atoms with Gasteiger partial charge in [0, 0.05) is 0 Å². The van der Waals surface area contributed by atoms with Crippen LogP contribution in [0.25, 0.3) is 6.08 Å². The molecule has 8 heteroatoms. The molecule has 1 heterocycles. The van der Waals surface area contributed by atoms with Crippen LogP contribution in [0.5, 0.6) is 17.2 Å². The SMILES string of the molecule is COc1ccccc1NCN1C(=O)SC(=Cc2ccc(OC)c(OC)c2)C1=O. The normalized spacial score (nSPS) is 15.1. The van der Waals surface area contributed by atoms with E-state index in [9.17, 15) is 9.59 Å². The van der Waals surface area contributed by atoms with Gasteiger partial charge in [-0.15, -0.1) is 0 Å². The minimum Gasteiger partial charge on any atom is -0.495 e. The number of thioether (sulfide) groups is 1. The lowest BCUT2D eigenvalue weighted by atomic mass is 10.2. The zero-order valence-corrected chi connectivity index (χ0v) is 16.5. The summed E-state index contributed by atoms with van der Waals surface area (Å²) in [4.78, 5) is 26.5. The molecular weight excluding hydrogens is 380 g/mol. The number of hydrogen-bond acceptors (Lipinski definition) is 7. The van der Waals surface area contributed by atoms with Crippen LogP contribution in [0.15, 0.2) is 47.4 Å². The van der Waals surface area contributed by atoms with Crippen LogP contribution in [0.2, 0.25) is 0 Å². The number of ether oxygens (including phenoxy) is 3. The fraction of sp³-hybridized carbons (Fsp3) is 0.200. The first-order valence-corrected chi connectivity index (χ1v) is 9.23. The van der Waals surface area contributed by atoms with Crippen molar-refractivity contribution in [3.63, 3.8) is 0 Å². The van der Waals surface area contributed by atoms with Gasteiger partial charge in [-0.25, -0.2) is 0 Å². The third-order valence-corrected chi connectivity index (χ3v) is 5.02. The number of hydrogen-bond donors (Lipinski definition) is 1. The van der Waals surface area contributed by atoms with Crippen molar-refractivity contribution in [3.8, 4) is 17.2 Å². The summed E-state index contributed by atoms with van der Waals surface area (Å²) in [5.41, 5.74) is 1.44. The molecule has 7 nitrogen and oxygen atoms in total. The summed E-state index contributed by atoms with van der Waals surface area (Å²) in [6.45, 7) is 0.0499. The Morgan fingerprint density at radius 3 is 2.39 bits per heavy atom. The lowest BCUT2D eigenvalue weighted by Gasteiger charge is -2.16. The third kappa shape index (κ3) is 4.07. The number of imide groups is 1. The number of anilines is 1. The molecule has 0 aromatic heterocycles. The molecule has 146 valence electrons. The highest BCUT2D eigenvalue weighted by atomic mass is 32.2. The second kappa shape index (κ2) is 8.71. The number of methoxy groups -OCH3 is 3. The molecule has 0 saturated carbocycles. The predicted octanol–water partition coefficient (Wildman–Crippen LogP) is 3.82. The molecule has 0 aliphatic carbocycles. The maximum absolute atomic E-state index is 12.7. The average molecular weight is 400 g/mol. The highest BCUT2D eigenvalue weighted by Crippen LogP contribution is 2.34. The predicted molar refractivity (Wildman–Crippen MR) is 109 cm³/mol.